The molecule has 0 amide bonds. The Morgan fingerprint density at radius 3 is 1.57 bits per heavy atom. The molecule has 0 aromatic carbocycles. The quantitative estimate of drug-likeness (QED) is 0.0197. The molecule has 0 aromatic rings. The van der Waals surface area contributed by atoms with Crippen LogP contribution in [-0.2, 0) is 38.1 Å². The maximum Gasteiger partial charge on any atom is 0.309 e. The van der Waals surface area contributed by atoms with E-state index < -0.39 is 12.2 Å². The molecular weight excluding hydrogens is 731 g/mol. The normalized spacial score (nSPS) is 14.5. The fourth-order valence-corrected chi connectivity index (χ4v) is 7.00. The van der Waals surface area contributed by atoms with Crippen molar-refractivity contribution in [3.63, 3.8) is 0 Å². The van der Waals surface area contributed by atoms with Gasteiger partial charge in [0.05, 0.1) is 18.3 Å². The van der Waals surface area contributed by atoms with Crippen molar-refractivity contribution in [3.05, 3.63) is 24.3 Å². The van der Waals surface area contributed by atoms with Crippen LogP contribution in [0, 0.1) is 11.8 Å². The van der Waals surface area contributed by atoms with Gasteiger partial charge in [0.1, 0.15) is 19.8 Å². The third kappa shape index (κ3) is 33.6. The second kappa shape index (κ2) is 40.2. The van der Waals surface area contributed by atoms with Gasteiger partial charge in [0.15, 0.2) is 6.29 Å². The lowest BCUT2D eigenvalue weighted by atomic mass is 9.97. The Morgan fingerprint density at radius 2 is 1.00 bits per heavy atom. The van der Waals surface area contributed by atoms with Gasteiger partial charge in [-0.25, -0.2) is 0 Å². The lowest BCUT2D eigenvalue weighted by molar-refractivity contribution is -0.162. The zero-order valence-corrected chi connectivity index (χ0v) is 38.0. The zero-order valence-electron chi connectivity index (χ0n) is 38.0. The van der Waals surface area contributed by atoms with Crippen molar-refractivity contribution in [3.8, 4) is 0 Å². The van der Waals surface area contributed by atoms with Gasteiger partial charge < -0.3 is 28.6 Å². The maximum atomic E-state index is 13.0. The molecule has 338 valence electrons. The van der Waals surface area contributed by atoms with Crippen LogP contribution in [0.4, 0.5) is 0 Å². The van der Waals surface area contributed by atoms with Crippen molar-refractivity contribution >= 4 is 17.9 Å². The molecule has 0 N–H and O–H groups in total. The summed E-state index contributed by atoms with van der Waals surface area (Å²) in [7, 11) is 2.06. The van der Waals surface area contributed by atoms with E-state index >= 15 is 0 Å². The summed E-state index contributed by atoms with van der Waals surface area (Å²) >= 11 is 0. The number of likely N-dealkylation sites (tertiary alicyclic amines) is 1. The minimum Gasteiger partial charge on any atom is -0.465 e. The Kier molecular flexibility index (Phi) is 37.3. The molecule has 0 bridgehead atoms. The standard InChI is InChI=1S/C49H89NO8/c1-5-8-11-14-17-18-19-20-21-22-23-24-25-26-29-32-46(51)56-41-44(43-58-49(53)45-35-37-50(4)38-36-45)42-57-47(52)33-34-48(54-39-30-27-15-12-9-6-2)55-40-31-28-16-13-10-7-3/h17-18,20-21,44-45,48H,5-16,19,22-43H2,1-4H3/b18-17-,21-20-. The van der Waals surface area contributed by atoms with E-state index in [2.05, 4.69) is 57.0 Å². The van der Waals surface area contributed by atoms with Crippen molar-refractivity contribution in [2.45, 2.75) is 207 Å². The Morgan fingerprint density at radius 1 is 0.552 bits per heavy atom. The first-order chi connectivity index (χ1) is 28.4. The molecule has 1 fully saturated rings. The highest BCUT2D eigenvalue weighted by molar-refractivity contribution is 5.72. The number of allylic oxidation sites excluding steroid dienone is 4. The molecule has 0 spiro atoms. The molecule has 0 radical (unpaired) electrons. The smallest absolute Gasteiger partial charge is 0.309 e. The second-order valence-electron chi connectivity index (χ2n) is 16.7. The van der Waals surface area contributed by atoms with Gasteiger partial charge in [-0.2, -0.15) is 0 Å². The van der Waals surface area contributed by atoms with Crippen LogP contribution in [0.3, 0.4) is 0 Å². The minimum atomic E-state index is -0.444. The molecule has 9 nitrogen and oxygen atoms in total. The number of piperidine rings is 1. The van der Waals surface area contributed by atoms with Crippen LogP contribution in [0.25, 0.3) is 0 Å². The second-order valence-corrected chi connectivity index (χ2v) is 16.7. The maximum absolute atomic E-state index is 13.0. The van der Waals surface area contributed by atoms with E-state index in [1.54, 1.807) is 0 Å². The van der Waals surface area contributed by atoms with Gasteiger partial charge in [0, 0.05) is 26.1 Å². The summed E-state index contributed by atoms with van der Waals surface area (Å²) in [6.07, 6.45) is 37.6. The first kappa shape index (κ1) is 53.8. The zero-order chi connectivity index (χ0) is 42.2. The Hall–Kier alpha value is -2.23. The fraction of sp³-hybridized carbons (Fsp3) is 0.857. The molecule has 9 heteroatoms. The number of hydrogen-bond acceptors (Lipinski definition) is 9. The Labute approximate surface area is 356 Å². The van der Waals surface area contributed by atoms with Gasteiger partial charge in [-0.3, -0.25) is 14.4 Å². The van der Waals surface area contributed by atoms with Crippen LogP contribution in [-0.4, -0.2) is 82.3 Å². The number of hydrogen-bond donors (Lipinski definition) is 0. The highest BCUT2D eigenvalue weighted by atomic mass is 16.7. The summed E-state index contributed by atoms with van der Waals surface area (Å²) in [5.41, 5.74) is 0. The Balaban J connectivity index is 2.50. The van der Waals surface area contributed by atoms with Gasteiger partial charge in [0.2, 0.25) is 0 Å². The van der Waals surface area contributed by atoms with Crippen molar-refractivity contribution in [1.82, 2.24) is 4.90 Å². The van der Waals surface area contributed by atoms with Gasteiger partial charge >= 0.3 is 17.9 Å². The van der Waals surface area contributed by atoms with Crippen LogP contribution in [0.15, 0.2) is 24.3 Å². The predicted octanol–water partition coefficient (Wildman–Crippen LogP) is 12.2. The largest absolute Gasteiger partial charge is 0.465 e. The van der Waals surface area contributed by atoms with Gasteiger partial charge in [-0.1, -0.05) is 141 Å². The van der Waals surface area contributed by atoms with E-state index in [4.69, 9.17) is 23.7 Å². The summed E-state index contributed by atoms with van der Waals surface area (Å²) in [5.74, 6) is -1.43. The molecule has 0 aliphatic carbocycles. The number of ether oxygens (including phenoxy) is 5. The monoisotopic (exact) mass is 820 g/mol. The lowest BCUT2D eigenvalue weighted by Crippen LogP contribution is -2.35. The van der Waals surface area contributed by atoms with E-state index in [0.29, 0.717) is 26.1 Å². The van der Waals surface area contributed by atoms with Gasteiger partial charge in [0.25, 0.3) is 0 Å². The molecular formula is C49H89NO8. The predicted molar refractivity (Wildman–Crippen MR) is 238 cm³/mol. The van der Waals surface area contributed by atoms with Crippen molar-refractivity contribution in [2.24, 2.45) is 11.8 Å². The number of carbonyl (C=O) groups excluding carboxylic acids is 3. The summed E-state index contributed by atoms with van der Waals surface area (Å²) in [4.78, 5) is 40.7. The topological polar surface area (TPSA) is 101 Å². The Bertz CT molecular complexity index is 1010. The van der Waals surface area contributed by atoms with Crippen LogP contribution in [0.2, 0.25) is 0 Å². The van der Waals surface area contributed by atoms with Crippen LogP contribution < -0.4 is 0 Å². The van der Waals surface area contributed by atoms with Gasteiger partial charge in [-0.05, 0) is 84.3 Å². The fourth-order valence-electron chi connectivity index (χ4n) is 7.00. The van der Waals surface area contributed by atoms with Crippen molar-refractivity contribution in [2.75, 3.05) is 53.2 Å². The summed E-state index contributed by atoms with van der Waals surface area (Å²) in [6, 6.07) is 0. The number of esters is 3. The average Bonchev–Trinajstić information content (AvgIpc) is 3.22. The molecule has 1 atom stereocenters. The number of nitrogens with zero attached hydrogens (tertiary/aromatic N) is 1. The summed E-state index contributed by atoms with van der Waals surface area (Å²) in [6.45, 7) is 9.73. The van der Waals surface area contributed by atoms with Crippen molar-refractivity contribution < 1.29 is 38.1 Å². The third-order valence-corrected chi connectivity index (χ3v) is 11.0. The van der Waals surface area contributed by atoms with Gasteiger partial charge in [-0.15, -0.1) is 0 Å². The number of carbonyl (C=O) groups is 3. The molecule has 0 saturated carbocycles. The summed E-state index contributed by atoms with van der Waals surface area (Å²) in [5, 5.41) is 0. The summed E-state index contributed by atoms with van der Waals surface area (Å²) < 4.78 is 29.2. The lowest BCUT2D eigenvalue weighted by Gasteiger charge is -2.28. The van der Waals surface area contributed by atoms with E-state index in [-0.39, 0.29) is 50.1 Å². The number of unbranched alkanes of at least 4 members (excludes halogenated alkanes) is 18. The minimum absolute atomic E-state index is 0.0123. The van der Waals surface area contributed by atoms with E-state index in [1.807, 2.05) is 0 Å². The molecule has 1 aliphatic rings. The van der Waals surface area contributed by atoms with Crippen molar-refractivity contribution in [1.29, 1.82) is 0 Å². The molecule has 1 saturated heterocycles. The molecule has 0 aromatic heterocycles. The SMILES string of the molecule is CCCCC/C=C\C/C=C\CCCCCCCC(=O)OCC(COC(=O)CCC(OCCCCCCCC)OCCCCCCCC)COC(=O)C1CCN(C)CC1. The third-order valence-electron chi connectivity index (χ3n) is 11.0. The van der Waals surface area contributed by atoms with Crippen LogP contribution in [0.5, 0.6) is 0 Å². The average molecular weight is 820 g/mol. The molecule has 1 aliphatic heterocycles. The first-order valence-corrected chi connectivity index (χ1v) is 24.1. The van der Waals surface area contributed by atoms with E-state index in [0.717, 1.165) is 96.6 Å². The number of rotatable bonds is 40. The molecule has 1 unspecified atom stereocenters. The van der Waals surface area contributed by atoms with Crippen LogP contribution in [0.1, 0.15) is 201 Å². The van der Waals surface area contributed by atoms with E-state index in [1.165, 1.54) is 77.0 Å². The first-order valence-electron chi connectivity index (χ1n) is 24.1. The highest BCUT2D eigenvalue weighted by Crippen LogP contribution is 2.19. The van der Waals surface area contributed by atoms with Crippen LogP contribution >= 0.6 is 0 Å². The molecule has 58 heavy (non-hydrogen) atoms. The van der Waals surface area contributed by atoms with E-state index in [9.17, 15) is 14.4 Å². The molecule has 1 rings (SSSR count). The highest BCUT2D eigenvalue weighted by Gasteiger charge is 2.26. The molecule has 1 heterocycles.